The van der Waals surface area contributed by atoms with E-state index < -0.39 is 5.97 Å². The highest BCUT2D eigenvalue weighted by atomic mass is 16.5. The highest BCUT2D eigenvalue weighted by molar-refractivity contribution is 5.67. The molecule has 1 fully saturated rings. The number of nitrogens with one attached hydrogen (secondary N) is 1. The summed E-state index contributed by atoms with van der Waals surface area (Å²) in [7, 11) is 0. The van der Waals surface area contributed by atoms with Crippen LogP contribution >= 0.6 is 0 Å². The molecule has 1 unspecified atom stereocenters. The zero-order valence-electron chi connectivity index (χ0n) is 12.0. The molecule has 1 aliphatic rings. The van der Waals surface area contributed by atoms with Gasteiger partial charge in [0.25, 0.3) is 0 Å². The van der Waals surface area contributed by atoms with Crippen molar-refractivity contribution in [1.82, 2.24) is 5.32 Å². The number of ether oxygens (including phenoxy) is 1. The third-order valence-corrected chi connectivity index (χ3v) is 3.92. The molecular formula is C16H23NO3. The van der Waals surface area contributed by atoms with E-state index in [0.717, 1.165) is 37.2 Å². The van der Waals surface area contributed by atoms with Gasteiger partial charge in [-0.25, -0.2) is 0 Å². The molecule has 0 amide bonds. The Labute approximate surface area is 120 Å². The van der Waals surface area contributed by atoms with E-state index in [-0.39, 0.29) is 12.5 Å². The van der Waals surface area contributed by atoms with Crippen LogP contribution < -0.4 is 10.1 Å². The summed E-state index contributed by atoms with van der Waals surface area (Å²) in [4.78, 5) is 10.5. The number of rotatable bonds is 6. The summed E-state index contributed by atoms with van der Waals surface area (Å²) in [6, 6.07) is 7.78. The van der Waals surface area contributed by atoms with Crippen LogP contribution in [0.2, 0.25) is 0 Å². The van der Waals surface area contributed by atoms with Crippen molar-refractivity contribution < 1.29 is 14.6 Å². The fourth-order valence-electron chi connectivity index (χ4n) is 2.61. The second-order valence-electron chi connectivity index (χ2n) is 5.45. The van der Waals surface area contributed by atoms with Crippen LogP contribution in [0.25, 0.3) is 0 Å². The lowest BCUT2D eigenvalue weighted by Gasteiger charge is -2.28. The molecule has 2 rings (SSSR count). The Morgan fingerprint density at radius 3 is 2.60 bits per heavy atom. The van der Waals surface area contributed by atoms with E-state index in [2.05, 4.69) is 12.2 Å². The van der Waals surface area contributed by atoms with Crippen molar-refractivity contribution in [3.63, 3.8) is 0 Å². The lowest BCUT2D eigenvalue weighted by Crippen LogP contribution is -2.35. The zero-order valence-corrected chi connectivity index (χ0v) is 12.0. The average Bonchev–Trinajstić information content (AvgIpc) is 2.47. The molecule has 0 saturated carbocycles. The SMILES string of the molecule is CC(Oc1ccc(CCC(=O)O)cc1)C1CCNCC1. The van der Waals surface area contributed by atoms with Gasteiger partial charge in [0.1, 0.15) is 5.75 Å². The number of carboxylic acid groups (broad SMARTS) is 1. The van der Waals surface area contributed by atoms with Gasteiger partial charge in [0, 0.05) is 6.42 Å². The number of benzene rings is 1. The molecule has 4 heteroatoms. The molecule has 1 aliphatic heterocycles. The Kier molecular flexibility index (Phi) is 5.41. The molecule has 0 aromatic heterocycles. The minimum atomic E-state index is -0.759. The highest BCUT2D eigenvalue weighted by Crippen LogP contribution is 2.22. The Bertz CT molecular complexity index is 424. The maximum absolute atomic E-state index is 10.5. The second kappa shape index (κ2) is 7.29. The summed E-state index contributed by atoms with van der Waals surface area (Å²) in [6.45, 7) is 4.29. The lowest BCUT2D eigenvalue weighted by atomic mass is 9.93. The number of hydrogen-bond donors (Lipinski definition) is 2. The number of carboxylic acids is 1. The molecule has 0 radical (unpaired) electrons. The standard InChI is InChI=1S/C16H23NO3/c1-12(14-8-10-17-11-9-14)20-15-5-2-13(3-6-15)4-7-16(18)19/h2-3,5-6,12,14,17H,4,7-11H2,1H3,(H,18,19). The van der Waals surface area contributed by atoms with Crippen molar-refractivity contribution in [2.45, 2.75) is 38.7 Å². The van der Waals surface area contributed by atoms with Gasteiger partial charge in [0.2, 0.25) is 0 Å². The molecule has 0 aliphatic carbocycles. The van der Waals surface area contributed by atoms with E-state index >= 15 is 0 Å². The maximum atomic E-state index is 10.5. The van der Waals surface area contributed by atoms with E-state index in [4.69, 9.17) is 9.84 Å². The molecule has 1 atom stereocenters. The van der Waals surface area contributed by atoms with Crippen molar-refractivity contribution >= 4 is 5.97 Å². The zero-order chi connectivity index (χ0) is 14.4. The molecule has 2 N–H and O–H groups in total. The molecule has 20 heavy (non-hydrogen) atoms. The van der Waals surface area contributed by atoms with Crippen molar-refractivity contribution in [2.75, 3.05) is 13.1 Å². The number of aryl methyl sites for hydroxylation is 1. The fraction of sp³-hybridized carbons (Fsp3) is 0.562. The van der Waals surface area contributed by atoms with Crippen molar-refractivity contribution in [1.29, 1.82) is 0 Å². The summed E-state index contributed by atoms with van der Waals surface area (Å²) < 4.78 is 5.99. The van der Waals surface area contributed by atoms with Crippen LogP contribution in [0.5, 0.6) is 5.75 Å². The third kappa shape index (κ3) is 4.53. The van der Waals surface area contributed by atoms with Crippen LogP contribution in [0, 0.1) is 5.92 Å². The fourth-order valence-corrected chi connectivity index (χ4v) is 2.61. The van der Waals surface area contributed by atoms with Gasteiger partial charge in [-0.2, -0.15) is 0 Å². The number of hydrogen-bond acceptors (Lipinski definition) is 3. The molecule has 4 nitrogen and oxygen atoms in total. The molecule has 1 aromatic carbocycles. The summed E-state index contributed by atoms with van der Waals surface area (Å²) in [5, 5.41) is 12.0. The molecule has 0 spiro atoms. The quantitative estimate of drug-likeness (QED) is 0.838. The maximum Gasteiger partial charge on any atom is 0.303 e. The Morgan fingerprint density at radius 1 is 1.35 bits per heavy atom. The van der Waals surface area contributed by atoms with Gasteiger partial charge < -0.3 is 15.2 Å². The van der Waals surface area contributed by atoms with Crippen LogP contribution in [-0.2, 0) is 11.2 Å². The average molecular weight is 277 g/mol. The largest absolute Gasteiger partial charge is 0.490 e. The smallest absolute Gasteiger partial charge is 0.303 e. The van der Waals surface area contributed by atoms with E-state index in [1.807, 2.05) is 24.3 Å². The Morgan fingerprint density at radius 2 is 2.00 bits per heavy atom. The van der Waals surface area contributed by atoms with Crippen LogP contribution in [0.3, 0.4) is 0 Å². The topological polar surface area (TPSA) is 58.6 Å². The van der Waals surface area contributed by atoms with Crippen molar-refractivity contribution in [3.05, 3.63) is 29.8 Å². The first kappa shape index (κ1) is 14.9. The molecule has 0 bridgehead atoms. The minimum absolute atomic E-state index is 0.172. The normalized spacial score (nSPS) is 17.6. The van der Waals surface area contributed by atoms with Crippen LogP contribution in [0.1, 0.15) is 31.7 Å². The predicted octanol–water partition coefficient (Wildman–Crippen LogP) is 2.47. The van der Waals surface area contributed by atoms with E-state index in [0.29, 0.717) is 12.3 Å². The van der Waals surface area contributed by atoms with Crippen molar-refractivity contribution in [2.24, 2.45) is 5.92 Å². The van der Waals surface area contributed by atoms with Crippen LogP contribution in [0.15, 0.2) is 24.3 Å². The highest BCUT2D eigenvalue weighted by Gasteiger charge is 2.21. The number of piperidine rings is 1. The second-order valence-corrected chi connectivity index (χ2v) is 5.45. The van der Waals surface area contributed by atoms with Gasteiger partial charge in [0.15, 0.2) is 0 Å². The van der Waals surface area contributed by atoms with E-state index in [1.165, 1.54) is 0 Å². The van der Waals surface area contributed by atoms with Gasteiger partial charge in [-0.3, -0.25) is 4.79 Å². The minimum Gasteiger partial charge on any atom is -0.490 e. The number of aliphatic carboxylic acids is 1. The van der Waals surface area contributed by atoms with E-state index in [1.54, 1.807) is 0 Å². The molecule has 1 aromatic rings. The Hall–Kier alpha value is -1.55. The monoisotopic (exact) mass is 277 g/mol. The summed E-state index contributed by atoms with van der Waals surface area (Å²) in [5.41, 5.74) is 1.04. The molecule has 1 heterocycles. The summed E-state index contributed by atoms with van der Waals surface area (Å²) >= 11 is 0. The summed E-state index contributed by atoms with van der Waals surface area (Å²) in [5.74, 6) is 0.725. The summed E-state index contributed by atoms with van der Waals surface area (Å²) in [6.07, 6.45) is 3.29. The first-order valence-electron chi connectivity index (χ1n) is 7.33. The molecule has 1 saturated heterocycles. The van der Waals surface area contributed by atoms with Crippen LogP contribution in [-0.4, -0.2) is 30.3 Å². The molecule has 110 valence electrons. The van der Waals surface area contributed by atoms with Crippen LogP contribution in [0.4, 0.5) is 0 Å². The van der Waals surface area contributed by atoms with Gasteiger partial charge in [-0.15, -0.1) is 0 Å². The van der Waals surface area contributed by atoms with Gasteiger partial charge in [0.05, 0.1) is 6.10 Å². The van der Waals surface area contributed by atoms with Gasteiger partial charge in [-0.05, 0) is 62.9 Å². The number of carbonyl (C=O) groups is 1. The van der Waals surface area contributed by atoms with Crippen molar-refractivity contribution in [3.8, 4) is 5.75 Å². The van der Waals surface area contributed by atoms with Gasteiger partial charge in [-0.1, -0.05) is 12.1 Å². The third-order valence-electron chi connectivity index (χ3n) is 3.92. The molecular weight excluding hydrogens is 254 g/mol. The Balaban J connectivity index is 1.84. The van der Waals surface area contributed by atoms with Gasteiger partial charge >= 0.3 is 5.97 Å². The first-order valence-corrected chi connectivity index (χ1v) is 7.33. The predicted molar refractivity (Wildman–Crippen MR) is 78.1 cm³/mol. The first-order chi connectivity index (χ1) is 9.65. The van der Waals surface area contributed by atoms with E-state index in [9.17, 15) is 4.79 Å². The lowest BCUT2D eigenvalue weighted by molar-refractivity contribution is -0.136.